The van der Waals surface area contributed by atoms with Gasteiger partial charge < -0.3 is 10.1 Å². The average molecular weight is 452 g/mol. The number of aromatic nitrogens is 1. The number of halogens is 3. The van der Waals surface area contributed by atoms with Gasteiger partial charge in [-0.3, -0.25) is 4.98 Å². The summed E-state index contributed by atoms with van der Waals surface area (Å²) in [6.45, 7) is 1.85. The number of ether oxygens (including phenoxy) is 1. The molecule has 0 amide bonds. The fourth-order valence-corrected chi connectivity index (χ4v) is 3.19. The lowest BCUT2D eigenvalue weighted by Gasteiger charge is -2.13. The van der Waals surface area contributed by atoms with Crippen molar-refractivity contribution in [1.82, 2.24) is 10.3 Å². The van der Waals surface area contributed by atoms with Gasteiger partial charge in [-0.25, -0.2) is 0 Å². The Morgan fingerprint density at radius 1 is 0.962 bits per heavy atom. The normalized spacial score (nSPS) is 10.7. The molecular formula is C20H17BrCl2N2O. The van der Waals surface area contributed by atoms with Crippen molar-refractivity contribution in [3.8, 4) is 5.75 Å². The van der Waals surface area contributed by atoms with Gasteiger partial charge in [0.05, 0.1) is 10.0 Å². The van der Waals surface area contributed by atoms with Crippen LogP contribution in [0.3, 0.4) is 0 Å². The summed E-state index contributed by atoms with van der Waals surface area (Å²) in [7, 11) is 0. The highest BCUT2D eigenvalue weighted by molar-refractivity contribution is 9.10. The van der Waals surface area contributed by atoms with Crippen molar-refractivity contribution < 1.29 is 4.74 Å². The van der Waals surface area contributed by atoms with Crippen LogP contribution in [0.4, 0.5) is 0 Å². The largest absolute Gasteiger partial charge is 0.489 e. The molecule has 0 aliphatic carbocycles. The molecule has 26 heavy (non-hydrogen) atoms. The molecule has 0 saturated carbocycles. The molecule has 0 atom stereocenters. The van der Waals surface area contributed by atoms with Gasteiger partial charge in [0, 0.05) is 35.5 Å². The molecule has 0 saturated heterocycles. The van der Waals surface area contributed by atoms with Crippen LogP contribution in [0.1, 0.15) is 16.7 Å². The van der Waals surface area contributed by atoms with Gasteiger partial charge in [-0.2, -0.15) is 0 Å². The second-order valence-corrected chi connectivity index (χ2v) is 7.48. The Kier molecular flexibility index (Phi) is 6.92. The van der Waals surface area contributed by atoms with Gasteiger partial charge in [0.25, 0.3) is 0 Å². The molecule has 0 aliphatic rings. The van der Waals surface area contributed by atoms with Crippen molar-refractivity contribution in [1.29, 1.82) is 0 Å². The maximum absolute atomic E-state index is 6.07. The van der Waals surface area contributed by atoms with Gasteiger partial charge in [0.2, 0.25) is 0 Å². The summed E-state index contributed by atoms with van der Waals surface area (Å²) in [5.74, 6) is 0.831. The molecule has 0 unspecified atom stereocenters. The van der Waals surface area contributed by atoms with Gasteiger partial charge in [-0.15, -0.1) is 0 Å². The zero-order valence-corrected chi connectivity index (χ0v) is 17.0. The first-order valence-corrected chi connectivity index (χ1v) is 9.61. The maximum Gasteiger partial charge on any atom is 0.124 e. The van der Waals surface area contributed by atoms with Gasteiger partial charge in [0.15, 0.2) is 0 Å². The van der Waals surface area contributed by atoms with E-state index in [2.05, 4.69) is 32.3 Å². The molecule has 0 bridgehead atoms. The second kappa shape index (κ2) is 9.38. The molecule has 1 heterocycles. The van der Waals surface area contributed by atoms with E-state index in [1.807, 2.05) is 42.6 Å². The molecular weight excluding hydrogens is 435 g/mol. The second-order valence-electron chi connectivity index (χ2n) is 5.75. The molecule has 2 aromatic carbocycles. The van der Waals surface area contributed by atoms with Crippen molar-refractivity contribution in [2.45, 2.75) is 19.7 Å². The topological polar surface area (TPSA) is 34.1 Å². The van der Waals surface area contributed by atoms with Crippen LogP contribution >= 0.6 is 39.1 Å². The maximum atomic E-state index is 6.07. The molecule has 134 valence electrons. The first kappa shape index (κ1) is 19.2. The van der Waals surface area contributed by atoms with E-state index in [0.717, 1.165) is 33.5 Å². The number of benzene rings is 2. The minimum atomic E-state index is 0.425. The predicted octanol–water partition coefficient (Wildman–Crippen LogP) is 6.02. The number of hydrogen-bond acceptors (Lipinski definition) is 3. The Balaban J connectivity index is 1.64. The van der Waals surface area contributed by atoms with E-state index in [0.29, 0.717) is 23.2 Å². The summed E-state index contributed by atoms with van der Waals surface area (Å²) in [4.78, 5) is 4.13. The molecule has 3 aromatic rings. The third-order valence-electron chi connectivity index (χ3n) is 3.77. The SMILES string of the molecule is Clc1ccc(COc2ccc(Br)cc2CNCc2cccnc2)cc1Cl. The van der Waals surface area contributed by atoms with Crippen molar-refractivity contribution in [3.05, 3.63) is 92.1 Å². The zero-order valence-electron chi connectivity index (χ0n) is 13.9. The Labute approximate surface area is 171 Å². The monoisotopic (exact) mass is 450 g/mol. The van der Waals surface area contributed by atoms with Gasteiger partial charge in [-0.05, 0) is 47.5 Å². The van der Waals surface area contributed by atoms with E-state index < -0.39 is 0 Å². The lowest BCUT2D eigenvalue weighted by molar-refractivity contribution is 0.302. The Morgan fingerprint density at radius 2 is 1.85 bits per heavy atom. The molecule has 3 rings (SSSR count). The van der Waals surface area contributed by atoms with Crippen LogP contribution < -0.4 is 10.1 Å². The van der Waals surface area contributed by atoms with Crippen LogP contribution in [0.25, 0.3) is 0 Å². The first-order valence-electron chi connectivity index (χ1n) is 8.06. The molecule has 0 radical (unpaired) electrons. The van der Waals surface area contributed by atoms with Crippen LogP contribution in [-0.4, -0.2) is 4.98 Å². The van der Waals surface area contributed by atoms with Crippen molar-refractivity contribution in [3.63, 3.8) is 0 Å². The lowest BCUT2D eigenvalue weighted by atomic mass is 10.2. The van der Waals surface area contributed by atoms with Gasteiger partial charge >= 0.3 is 0 Å². The number of nitrogens with one attached hydrogen (secondary N) is 1. The van der Waals surface area contributed by atoms with E-state index >= 15 is 0 Å². The molecule has 0 fully saturated rings. The van der Waals surface area contributed by atoms with Crippen molar-refractivity contribution in [2.75, 3.05) is 0 Å². The van der Waals surface area contributed by atoms with Crippen molar-refractivity contribution in [2.24, 2.45) is 0 Å². The molecule has 1 aromatic heterocycles. The summed E-state index contributed by atoms with van der Waals surface area (Å²) in [6, 6.07) is 15.5. The molecule has 3 nitrogen and oxygen atoms in total. The van der Waals surface area contributed by atoms with Crippen LogP contribution in [-0.2, 0) is 19.7 Å². The third-order valence-corrected chi connectivity index (χ3v) is 5.00. The van der Waals surface area contributed by atoms with Crippen LogP contribution in [0.15, 0.2) is 65.4 Å². The molecule has 0 aliphatic heterocycles. The van der Waals surface area contributed by atoms with Crippen LogP contribution in [0, 0.1) is 0 Å². The summed E-state index contributed by atoms with van der Waals surface area (Å²) in [6.07, 6.45) is 3.63. The van der Waals surface area contributed by atoms with E-state index in [4.69, 9.17) is 27.9 Å². The quantitative estimate of drug-likeness (QED) is 0.476. The first-order chi connectivity index (χ1) is 12.6. The number of hydrogen-bond donors (Lipinski definition) is 1. The minimum absolute atomic E-state index is 0.425. The lowest BCUT2D eigenvalue weighted by Crippen LogP contribution is -2.13. The van der Waals surface area contributed by atoms with E-state index in [-0.39, 0.29) is 0 Å². The minimum Gasteiger partial charge on any atom is -0.489 e. The van der Waals surface area contributed by atoms with Crippen LogP contribution in [0.2, 0.25) is 10.0 Å². The zero-order chi connectivity index (χ0) is 18.4. The number of nitrogens with zero attached hydrogens (tertiary/aromatic N) is 1. The third kappa shape index (κ3) is 5.45. The Hall–Kier alpha value is -1.59. The highest BCUT2D eigenvalue weighted by Crippen LogP contribution is 2.26. The highest BCUT2D eigenvalue weighted by atomic mass is 79.9. The van der Waals surface area contributed by atoms with E-state index in [1.54, 1.807) is 12.3 Å². The van der Waals surface area contributed by atoms with Gasteiger partial charge in [-0.1, -0.05) is 51.3 Å². The standard InChI is InChI=1S/C20H17BrCl2N2O/c21-17-4-6-20(26-13-14-3-5-18(22)19(23)8-14)16(9-17)12-25-11-15-2-1-7-24-10-15/h1-10,25H,11-13H2. The summed E-state index contributed by atoms with van der Waals surface area (Å²) in [5, 5.41) is 4.49. The Morgan fingerprint density at radius 3 is 2.62 bits per heavy atom. The number of pyridine rings is 1. The Bertz CT molecular complexity index is 875. The number of rotatable bonds is 7. The van der Waals surface area contributed by atoms with Crippen LogP contribution in [0.5, 0.6) is 5.75 Å². The molecule has 1 N–H and O–H groups in total. The van der Waals surface area contributed by atoms with E-state index in [9.17, 15) is 0 Å². The highest BCUT2D eigenvalue weighted by Gasteiger charge is 2.07. The summed E-state index contributed by atoms with van der Waals surface area (Å²) >= 11 is 15.5. The van der Waals surface area contributed by atoms with E-state index in [1.165, 1.54) is 0 Å². The van der Waals surface area contributed by atoms with Crippen molar-refractivity contribution >= 4 is 39.1 Å². The average Bonchev–Trinajstić information content (AvgIpc) is 2.65. The van der Waals surface area contributed by atoms with Gasteiger partial charge in [0.1, 0.15) is 12.4 Å². The molecule has 6 heteroatoms. The fourth-order valence-electron chi connectivity index (χ4n) is 2.46. The smallest absolute Gasteiger partial charge is 0.124 e. The molecule has 0 spiro atoms. The summed E-state index contributed by atoms with van der Waals surface area (Å²) < 4.78 is 7.01. The summed E-state index contributed by atoms with van der Waals surface area (Å²) in [5.41, 5.74) is 3.18. The fraction of sp³-hybridized carbons (Fsp3) is 0.150. The predicted molar refractivity (Wildman–Crippen MR) is 110 cm³/mol.